The number of hydrogen-bond acceptors (Lipinski definition) is 4. The van der Waals surface area contributed by atoms with Crippen LogP contribution in [0.3, 0.4) is 0 Å². The average Bonchev–Trinajstić information content (AvgIpc) is 2.89. The highest BCUT2D eigenvalue weighted by molar-refractivity contribution is 5.85. The molecule has 0 bridgehead atoms. The number of Topliss-reactive ketones (excluding diaryl/α,β-unsaturated/α-hetero) is 1. The van der Waals surface area contributed by atoms with Crippen molar-refractivity contribution in [2.45, 2.75) is 58.4 Å². The molecule has 2 rings (SSSR count). The quantitative estimate of drug-likeness (QED) is 0.792. The highest BCUT2D eigenvalue weighted by atomic mass is 16.5. The van der Waals surface area contributed by atoms with Gasteiger partial charge in [0.25, 0.3) is 0 Å². The Labute approximate surface area is 115 Å². The molecule has 1 saturated heterocycles. The maximum atomic E-state index is 12.0. The van der Waals surface area contributed by atoms with Crippen LogP contribution in [0.15, 0.2) is 0 Å². The van der Waals surface area contributed by atoms with E-state index in [9.17, 15) is 9.59 Å². The van der Waals surface area contributed by atoms with Gasteiger partial charge < -0.3 is 10.1 Å². The van der Waals surface area contributed by atoms with Crippen molar-refractivity contribution in [3.8, 4) is 0 Å². The van der Waals surface area contributed by atoms with Crippen molar-refractivity contribution in [2.75, 3.05) is 13.2 Å². The second kappa shape index (κ2) is 6.04. The Kier molecular flexibility index (Phi) is 4.61. The minimum atomic E-state index is -0.262. The van der Waals surface area contributed by atoms with E-state index in [-0.39, 0.29) is 30.3 Å². The molecule has 4 nitrogen and oxygen atoms in total. The van der Waals surface area contributed by atoms with Crippen molar-refractivity contribution in [1.82, 2.24) is 5.32 Å². The van der Waals surface area contributed by atoms with Crippen molar-refractivity contribution in [3.63, 3.8) is 0 Å². The zero-order valence-electron chi connectivity index (χ0n) is 12.0. The standard InChI is InChI=1S/C15H25NO3/c1-15(2)7-5-11(6-8-15)13(17)10-19-14(18)12-4-3-9-16-12/h11-12,16H,3-10H2,1-2H3. The molecule has 0 amide bonds. The van der Waals surface area contributed by atoms with Crippen molar-refractivity contribution in [1.29, 1.82) is 0 Å². The number of ketones is 1. The third-order valence-corrected chi connectivity index (χ3v) is 4.50. The third kappa shape index (κ3) is 4.03. The molecular weight excluding hydrogens is 242 g/mol. The zero-order chi connectivity index (χ0) is 13.9. The lowest BCUT2D eigenvalue weighted by Gasteiger charge is -2.33. The fraction of sp³-hybridized carbons (Fsp3) is 0.867. The van der Waals surface area contributed by atoms with Gasteiger partial charge in [0.05, 0.1) is 0 Å². The molecule has 1 aliphatic carbocycles. The number of rotatable bonds is 4. The van der Waals surface area contributed by atoms with Gasteiger partial charge in [-0.1, -0.05) is 13.8 Å². The van der Waals surface area contributed by atoms with Crippen LogP contribution in [0.25, 0.3) is 0 Å². The minimum absolute atomic E-state index is 0.0396. The molecule has 108 valence electrons. The van der Waals surface area contributed by atoms with Crippen molar-refractivity contribution in [2.24, 2.45) is 11.3 Å². The average molecular weight is 267 g/mol. The summed E-state index contributed by atoms with van der Waals surface area (Å²) in [4.78, 5) is 23.7. The van der Waals surface area contributed by atoms with E-state index >= 15 is 0 Å². The molecule has 1 saturated carbocycles. The fourth-order valence-corrected chi connectivity index (χ4v) is 2.97. The van der Waals surface area contributed by atoms with Gasteiger partial charge in [-0.25, -0.2) is 0 Å². The molecule has 1 N–H and O–H groups in total. The van der Waals surface area contributed by atoms with Gasteiger partial charge in [0.1, 0.15) is 12.6 Å². The molecule has 0 aromatic heterocycles. The van der Waals surface area contributed by atoms with Gasteiger partial charge in [0, 0.05) is 5.92 Å². The number of hydrogen-bond donors (Lipinski definition) is 1. The van der Waals surface area contributed by atoms with Crippen LogP contribution in [-0.4, -0.2) is 30.9 Å². The van der Waals surface area contributed by atoms with E-state index < -0.39 is 0 Å². The van der Waals surface area contributed by atoms with Gasteiger partial charge in [-0.2, -0.15) is 0 Å². The number of esters is 1. The molecule has 0 spiro atoms. The zero-order valence-corrected chi connectivity index (χ0v) is 12.0. The maximum absolute atomic E-state index is 12.0. The smallest absolute Gasteiger partial charge is 0.323 e. The molecule has 4 heteroatoms. The Morgan fingerprint density at radius 1 is 1.21 bits per heavy atom. The molecule has 19 heavy (non-hydrogen) atoms. The molecule has 1 heterocycles. The molecule has 0 aromatic rings. The Bertz CT molecular complexity index is 335. The monoisotopic (exact) mass is 267 g/mol. The predicted octanol–water partition coefficient (Wildman–Crippen LogP) is 2.07. The molecule has 1 atom stereocenters. The highest BCUT2D eigenvalue weighted by Gasteiger charge is 2.31. The van der Waals surface area contributed by atoms with Crippen LogP contribution >= 0.6 is 0 Å². The molecule has 0 radical (unpaired) electrons. The first-order valence-corrected chi connectivity index (χ1v) is 7.41. The van der Waals surface area contributed by atoms with E-state index in [4.69, 9.17) is 4.74 Å². The van der Waals surface area contributed by atoms with Crippen LogP contribution in [0.2, 0.25) is 0 Å². The van der Waals surface area contributed by atoms with Crippen LogP contribution in [0, 0.1) is 11.3 Å². The number of carbonyl (C=O) groups is 2. The Morgan fingerprint density at radius 2 is 1.89 bits per heavy atom. The molecule has 2 aliphatic rings. The summed E-state index contributed by atoms with van der Waals surface area (Å²) in [7, 11) is 0. The van der Waals surface area contributed by atoms with Crippen LogP contribution < -0.4 is 5.32 Å². The normalized spacial score (nSPS) is 27.2. The first kappa shape index (κ1) is 14.5. The summed E-state index contributed by atoms with van der Waals surface area (Å²) in [5.41, 5.74) is 0.362. The molecular formula is C15H25NO3. The topological polar surface area (TPSA) is 55.4 Å². The van der Waals surface area contributed by atoms with Crippen molar-refractivity contribution < 1.29 is 14.3 Å². The van der Waals surface area contributed by atoms with Crippen molar-refractivity contribution >= 4 is 11.8 Å². The lowest BCUT2D eigenvalue weighted by molar-refractivity contribution is -0.151. The van der Waals surface area contributed by atoms with E-state index in [0.717, 1.165) is 45.1 Å². The lowest BCUT2D eigenvalue weighted by Crippen LogP contribution is -2.35. The van der Waals surface area contributed by atoms with Crippen LogP contribution in [0.1, 0.15) is 52.4 Å². The number of carbonyl (C=O) groups excluding carboxylic acids is 2. The summed E-state index contributed by atoms with van der Waals surface area (Å²) >= 11 is 0. The van der Waals surface area contributed by atoms with E-state index in [2.05, 4.69) is 19.2 Å². The van der Waals surface area contributed by atoms with Gasteiger partial charge in [-0.05, 0) is 50.5 Å². The highest BCUT2D eigenvalue weighted by Crippen LogP contribution is 2.38. The molecule has 1 aliphatic heterocycles. The summed E-state index contributed by atoms with van der Waals surface area (Å²) in [5.74, 6) is -0.0683. The van der Waals surface area contributed by atoms with Gasteiger partial charge >= 0.3 is 5.97 Å². The SMILES string of the molecule is CC1(C)CCC(C(=O)COC(=O)C2CCCN2)CC1. The summed E-state index contributed by atoms with van der Waals surface area (Å²) in [6, 6.07) is -0.196. The third-order valence-electron chi connectivity index (χ3n) is 4.50. The molecule has 0 aromatic carbocycles. The maximum Gasteiger partial charge on any atom is 0.323 e. The van der Waals surface area contributed by atoms with E-state index in [1.165, 1.54) is 0 Å². The first-order chi connectivity index (χ1) is 8.98. The van der Waals surface area contributed by atoms with Crippen molar-refractivity contribution in [3.05, 3.63) is 0 Å². The minimum Gasteiger partial charge on any atom is -0.457 e. The van der Waals surface area contributed by atoms with Crippen LogP contribution in [0.5, 0.6) is 0 Å². The number of nitrogens with one attached hydrogen (secondary N) is 1. The summed E-state index contributed by atoms with van der Waals surface area (Å²) < 4.78 is 5.14. The van der Waals surface area contributed by atoms with E-state index in [0.29, 0.717) is 5.41 Å². The molecule has 2 fully saturated rings. The van der Waals surface area contributed by atoms with E-state index in [1.807, 2.05) is 0 Å². The Morgan fingerprint density at radius 3 is 2.47 bits per heavy atom. The fourth-order valence-electron chi connectivity index (χ4n) is 2.97. The molecule has 1 unspecified atom stereocenters. The van der Waals surface area contributed by atoms with Gasteiger partial charge in [0.15, 0.2) is 5.78 Å². The largest absolute Gasteiger partial charge is 0.457 e. The van der Waals surface area contributed by atoms with Crippen LogP contribution in [-0.2, 0) is 14.3 Å². The van der Waals surface area contributed by atoms with Gasteiger partial charge in [0.2, 0.25) is 0 Å². The summed E-state index contributed by atoms with van der Waals surface area (Å²) in [6.45, 7) is 5.33. The Hall–Kier alpha value is -0.900. The summed E-state index contributed by atoms with van der Waals surface area (Å²) in [5, 5.41) is 3.08. The van der Waals surface area contributed by atoms with E-state index in [1.54, 1.807) is 0 Å². The predicted molar refractivity (Wildman–Crippen MR) is 72.7 cm³/mol. The van der Waals surface area contributed by atoms with Gasteiger partial charge in [-0.15, -0.1) is 0 Å². The second-order valence-electron chi connectivity index (χ2n) is 6.66. The number of ether oxygens (including phenoxy) is 1. The Balaban J connectivity index is 1.71. The lowest BCUT2D eigenvalue weighted by atomic mass is 9.72. The van der Waals surface area contributed by atoms with Gasteiger partial charge in [-0.3, -0.25) is 9.59 Å². The second-order valence-corrected chi connectivity index (χ2v) is 6.66. The van der Waals surface area contributed by atoms with Crippen LogP contribution in [0.4, 0.5) is 0 Å². The first-order valence-electron chi connectivity index (χ1n) is 7.41. The summed E-state index contributed by atoms with van der Waals surface area (Å²) in [6.07, 6.45) is 5.87.